The minimum Gasteiger partial charge on any atom is -0.468 e. The van der Waals surface area contributed by atoms with E-state index in [9.17, 15) is 8.78 Å². The van der Waals surface area contributed by atoms with E-state index in [2.05, 4.69) is 14.7 Å². The van der Waals surface area contributed by atoms with E-state index in [-0.39, 0.29) is 6.02 Å². The smallest absolute Gasteiger partial charge is 0.296 e. The number of nitrogens with one attached hydrogen (secondary N) is 1. The fraction of sp³-hybridized carbons (Fsp3) is 0.500. The third kappa shape index (κ3) is 1.40. The van der Waals surface area contributed by atoms with Crippen LogP contribution in [0.25, 0.3) is 0 Å². The van der Waals surface area contributed by atoms with E-state index in [0.717, 1.165) is 0 Å². The van der Waals surface area contributed by atoms with Gasteiger partial charge in [0.25, 0.3) is 18.5 Å². The van der Waals surface area contributed by atoms with Crippen molar-refractivity contribution in [2.75, 3.05) is 7.11 Å². The molecular weight excluding hydrogens is 144 g/mol. The largest absolute Gasteiger partial charge is 0.468 e. The maximum Gasteiger partial charge on any atom is 0.296 e. The molecule has 0 aromatic carbocycles. The van der Waals surface area contributed by atoms with Crippen molar-refractivity contribution < 1.29 is 13.5 Å². The lowest BCUT2D eigenvalue weighted by Crippen LogP contribution is -2.33. The van der Waals surface area contributed by atoms with Crippen molar-refractivity contribution in [2.45, 2.75) is 6.42 Å². The molecule has 1 unspecified atom stereocenters. The Balaban J connectivity index is 2.65. The van der Waals surface area contributed by atoms with Crippen molar-refractivity contribution in [2.24, 2.45) is 9.98 Å². The minimum atomic E-state index is -1.89. The predicted molar refractivity (Wildman–Crippen MR) is 31.0 cm³/mol. The van der Waals surface area contributed by atoms with Gasteiger partial charge in [0, 0.05) is 0 Å². The molecule has 0 bridgehead atoms. The maximum absolute atomic E-state index is 12.1. The number of halogens is 2. The predicted octanol–water partition coefficient (Wildman–Crippen LogP) is 0.171. The molecule has 0 amide bonds. The average molecular weight is 149 g/mol. The molecule has 1 aliphatic heterocycles. The number of nitrogens with zero attached hydrogens (tertiary/aromatic N) is 2. The van der Waals surface area contributed by atoms with Gasteiger partial charge in [0.05, 0.1) is 7.11 Å². The SMILES string of the molecule is COC1=NC(F)N=C(F)N1. The third-order valence-electron chi connectivity index (χ3n) is 0.847. The van der Waals surface area contributed by atoms with Crippen molar-refractivity contribution >= 4 is 12.1 Å². The molecule has 1 heterocycles. The highest BCUT2D eigenvalue weighted by molar-refractivity contribution is 5.93. The highest BCUT2D eigenvalue weighted by Gasteiger charge is 2.14. The summed E-state index contributed by atoms with van der Waals surface area (Å²) in [5.74, 6) is 0. The van der Waals surface area contributed by atoms with Gasteiger partial charge in [-0.25, -0.2) is 0 Å². The summed E-state index contributed by atoms with van der Waals surface area (Å²) in [6.45, 7) is 0. The first-order chi connectivity index (χ1) is 4.72. The van der Waals surface area contributed by atoms with Crippen LogP contribution in [-0.4, -0.2) is 25.6 Å². The number of hydrogen-bond donors (Lipinski definition) is 1. The quantitative estimate of drug-likeness (QED) is 0.499. The Morgan fingerprint density at radius 3 is 2.80 bits per heavy atom. The van der Waals surface area contributed by atoms with Crippen LogP contribution in [0, 0.1) is 0 Å². The van der Waals surface area contributed by atoms with Gasteiger partial charge in [-0.3, -0.25) is 5.32 Å². The molecule has 0 spiro atoms. The summed E-state index contributed by atoms with van der Waals surface area (Å²) in [5.41, 5.74) is 0. The molecule has 0 fully saturated rings. The second-order valence-corrected chi connectivity index (χ2v) is 1.49. The van der Waals surface area contributed by atoms with Crippen LogP contribution in [0.1, 0.15) is 0 Å². The van der Waals surface area contributed by atoms with E-state index in [4.69, 9.17) is 0 Å². The molecule has 0 radical (unpaired) electrons. The summed E-state index contributed by atoms with van der Waals surface area (Å²) in [5, 5.41) is 1.97. The van der Waals surface area contributed by atoms with E-state index in [1.54, 1.807) is 0 Å². The summed E-state index contributed by atoms with van der Waals surface area (Å²) < 4.78 is 28.7. The van der Waals surface area contributed by atoms with Gasteiger partial charge in [0.15, 0.2) is 0 Å². The zero-order valence-electron chi connectivity index (χ0n) is 5.14. The number of aliphatic imine (C=N–C) groups is 2. The molecule has 0 saturated heterocycles. The average Bonchev–Trinajstić information content (AvgIpc) is 1.85. The Morgan fingerprint density at radius 1 is 1.60 bits per heavy atom. The van der Waals surface area contributed by atoms with E-state index < -0.39 is 12.5 Å². The van der Waals surface area contributed by atoms with Crippen LogP contribution in [0.5, 0.6) is 0 Å². The number of hydrogen-bond acceptors (Lipinski definition) is 4. The Kier molecular flexibility index (Phi) is 1.79. The normalized spacial score (nSPS) is 24.5. The molecule has 1 atom stereocenters. The molecule has 0 aromatic heterocycles. The van der Waals surface area contributed by atoms with Crippen molar-refractivity contribution in [3.05, 3.63) is 0 Å². The van der Waals surface area contributed by atoms with Crippen LogP contribution in [0.2, 0.25) is 0 Å². The molecule has 0 aliphatic carbocycles. The van der Waals surface area contributed by atoms with Gasteiger partial charge in [-0.15, -0.1) is 0 Å². The highest BCUT2D eigenvalue weighted by Crippen LogP contribution is 2.01. The van der Waals surface area contributed by atoms with Gasteiger partial charge in [-0.2, -0.15) is 18.8 Å². The Morgan fingerprint density at radius 2 is 2.30 bits per heavy atom. The van der Waals surface area contributed by atoms with Gasteiger partial charge in [0.1, 0.15) is 0 Å². The zero-order valence-corrected chi connectivity index (χ0v) is 5.14. The third-order valence-corrected chi connectivity index (χ3v) is 0.847. The van der Waals surface area contributed by atoms with E-state index in [0.29, 0.717) is 0 Å². The van der Waals surface area contributed by atoms with Gasteiger partial charge in [0.2, 0.25) is 0 Å². The zero-order chi connectivity index (χ0) is 7.56. The first kappa shape index (κ1) is 6.91. The molecule has 1 aliphatic rings. The minimum absolute atomic E-state index is 0.208. The lowest BCUT2D eigenvalue weighted by Gasteiger charge is -2.10. The summed E-state index contributed by atoms with van der Waals surface area (Å²) in [6, 6.07) is -0.208. The summed E-state index contributed by atoms with van der Waals surface area (Å²) in [6.07, 6.45) is -2.92. The van der Waals surface area contributed by atoms with Crippen molar-refractivity contribution in [1.29, 1.82) is 0 Å². The van der Waals surface area contributed by atoms with Crippen LogP contribution in [-0.2, 0) is 4.74 Å². The molecule has 0 aromatic rings. The maximum atomic E-state index is 12.1. The number of methoxy groups -OCH3 is 1. The molecular formula is C4H5F2N3O. The van der Waals surface area contributed by atoms with Gasteiger partial charge >= 0.3 is 0 Å². The number of rotatable bonds is 0. The summed E-state index contributed by atoms with van der Waals surface area (Å²) >= 11 is 0. The number of ether oxygens (including phenoxy) is 1. The Labute approximate surface area is 55.6 Å². The topological polar surface area (TPSA) is 46.0 Å². The van der Waals surface area contributed by atoms with Crippen LogP contribution < -0.4 is 5.32 Å². The molecule has 1 N–H and O–H groups in total. The monoisotopic (exact) mass is 149 g/mol. The standard InChI is InChI=1S/C4H5F2N3O/c1-10-4-8-2(5)7-3(6)9-4/h2H,1H3,(H,7,8,9). The second kappa shape index (κ2) is 2.59. The fourth-order valence-electron chi connectivity index (χ4n) is 0.476. The van der Waals surface area contributed by atoms with Crippen molar-refractivity contribution in [3.8, 4) is 0 Å². The van der Waals surface area contributed by atoms with Crippen molar-refractivity contribution in [1.82, 2.24) is 5.32 Å². The van der Waals surface area contributed by atoms with Crippen LogP contribution in [0.4, 0.5) is 8.78 Å². The first-order valence-electron chi connectivity index (χ1n) is 2.48. The summed E-state index contributed by atoms with van der Waals surface area (Å²) in [7, 11) is 1.25. The van der Waals surface area contributed by atoms with Gasteiger partial charge < -0.3 is 4.74 Å². The van der Waals surface area contributed by atoms with Crippen LogP contribution in [0.3, 0.4) is 0 Å². The molecule has 56 valence electrons. The molecule has 4 nitrogen and oxygen atoms in total. The van der Waals surface area contributed by atoms with Gasteiger partial charge in [-0.05, 0) is 0 Å². The van der Waals surface area contributed by atoms with Gasteiger partial charge in [-0.1, -0.05) is 0 Å². The lowest BCUT2D eigenvalue weighted by atomic mass is 10.8. The lowest BCUT2D eigenvalue weighted by molar-refractivity contribution is 0.318. The Bertz CT molecular complexity index is 191. The fourth-order valence-corrected chi connectivity index (χ4v) is 0.476. The summed E-state index contributed by atoms with van der Waals surface area (Å²) in [4.78, 5) is 5.93. The second-order valence-electron chi connectivity index (χ2n) is 1.49. The van der Waals surface area contributed by atoms with Crippen LogP contribution in [0.15, 0.2) is 9.98 Å². The Hall–Kier alpha value is -1.20. The van der Waals surface area contributed by atoms with Crippen LogP contribution >= 0.6 is 0 Å². The molecule has 10 heavy (non-hydrogen) atoms. The molecule has 1 rings (SSSR count). The van der Waals surface area contributed by atoms with E-state index in [1.165, 1.54) is 7.11 Å². The highest BCUT2D eigenvalue weighted by atomic mass is 19.2. The molecule has 0 saturated carbocycles. The number of alkyl halides is 1. The first-order valence-corrected chi connectivity index (χ1v) is 2.48. The number of amidine groups is 2. The van der Waals surface area contributed by atoms with E-state index >= 15 is 0 Å². The van der Waals surface area contributed by atoms with Crippen molar-refractivity contribution in [3.63, 3.8) is 0 Å². The molecule has 6 heteroatoms. The van der Waals surface area contributed by atoms with E-state index in [1.807, 2.05) is 5.32 Å².